The van der Waals surface area contributed by atoms with Crippen molar-refractivity contribution < 1.29 is 42.1 Å². The van der Waals surface area contributed by atoms with Crippen LogP contribution in [0.3, 0.4) is 0 Å². The molecule has 0 unspecified atom stereocenters. The minimum absolute atomic E-state index is 0.0828. The number of ketones is 1. The number of fused-ring (bicyclic) bond motifs is 1. The van der Waals surface area contributed by atoms with Crippen LogP contribution in [-0.4, -0.2) is 52.9 Å². The van der Waals surface area contributed by atoms with Gasteiger partial charge in [0.2, 0.25) is 5.62 Å². The number of imidazole rings is 1. The molecule has 1 aliphatic rings. The zero-order valence-electron chi connectivity index (χ0n) is 27.4. The molecule has 0 atom stereocenters. The fourth-order valence-electron chi connectivity index (χ4n) is 5.19. The molecule has 4 aromatic rings. The molecule has 0 bridgehead atoms. The van der Waals surface area contributed by atoms with E-state index in [1.54, 1.807) is 74.5 Å². The van der Waals surface area contributed by atoms with E-state index in [4.69, 9.17) is 14.2 Å². The summed E-state index contributed by atoms with van der Waals surface area (Å²) in [5.74, 6) is -1.91. The molecule has 5 rings (SSSR count). The third kappa shape index (κ3) is 7.71. The lowest BCUT2D eigenvalue weighted by Gasteiger charge is -2.24. The summed E-state index contributed by atoms with van der Waals surface area (Å²) in [6, 6.07) is 12.0. The zero-order valence-corrected chi connectivity index (χ0v) is 27.4. The Morgan fingerprint density at radius 2 is 1.77 bits per heavy atom. The van der Waals surface area contributed by atoms with Crippen molar-refractivity contribution in [1.82, 2.24) is 9.13 Å². The van der Waals surface area contributed by atoms with E-state index in [2.05, 4.69) is 9.73 Å². The molecule has 0 saturated carbocycles. The van der Waals surface area contributed by atoms with Gasteiger partial charge in [-0.2, -0.15) is 0 Å². The Morgan fingerprint density at radius 1 is 1.02 bits per heavy atom. The van der Waals surface area contributed by atoms with Crippen LogP contribution in [0.5, 0.6) is 11.5 Å². The number of amides is 1. The van der Waals surface area contributed by atoms with Crippen molar-refractivity contribution in [3.05, 3.63) is 106 Å². The van der Waals surface area contributed by atoms with E-state index in [-0.39, 0.29) is 30.2 Å². The number of methoxy groups -OCH3 is 1. The molecule has 250 valence electrons. The van der Waals surface area contributed by atoms with Crippen molar-refractivity contribution in [3.63, 3.8) is 0 Å². The number of carbonyl (C=O) groups is 3. The first kappa shape index (κ1) is 33.8. The van der Waals surface area contributed by atoms with E-state index >= 15 is 0 Å². The van der Waals surface area contributed by atoms with Crippen LogP contribution in [-0.2, 0) is 27.9 Å². The van der Waals surface area contributed by atoms with Gasteiger partial charge in [-0.1, -0.05) is 12.1 Å². The molecule has 10 nitrogen and oxygen atoms in total. The number of rotatable bonds is 7. The number of ether oxygens (including phenoxy) is 4. The number of hydrogen-bond donors (Lipinski definition) is 0. The topological polar surface area (TPSA) is 110 Å². The first-order valence-electron chi connectivity index (χ1n) is 15.0. The van der Waals surface area contributed by atoms with E-state index in [0.717, 1.165) is 0 Å². The smallest absolute Gasteiger partial charge is 0.437 e. The predicted octanol–water partition coefficient (Wildman–Crippen LogP) is 6.17. The Hall–Kier alpha value is -5.52. The van der Waals surface area contributed by atoms with Gasteiger partial charge in [0.05, 0.1) is 19.2 Å². The molecule has 0 radical (unpaired) electrons. The molecule has 0 aliphatic carbocycles. The number of benzene rings is 3. The number of carbonyl (C=O) groups excluding carboxylic acids is 3. The van der Waals surface area contributed by atoms with E-state index in [1.807, 2.05) is 6.07 Å². The van der Waals surface area contributed by atoms with Crippen molar-refractivity contribution in [2.75, 3.05) is 20.3 Å². The van der Waals surface area contributed by atoms with Crippen LogP contribution in [0.4, 0.5) is 13.6 Å². The SMILES string of the molecule is COC(=O)COc1cc(C=C2COc3c(cc(Cn4ccn(C)c4=NC(=O)OC(C)(C)C)cc3-c3ccc(F)cc3C)C2=O)ccc1F. The third-order valence-electron chi connectivity index (χ3n) is 7.39. The highest BCUT2D eigenvalue weighted by Crippen LogP contribution is 2.40. The van der Waals surface area contributed by atoms with Crippen molar-refractivity contribution in [3.8, 4) is 22.6 Å². The number of aromatic nitrogens is 2. The Bertz CT molecular complexity index is 2020. The molecule has 1 amide bonds. The third-order valence-corrected chi connectivity index (χ3v) is 7.39. The zero-order chi connectivity index (χ0) is 34.7. The fraction of sp³-hybridized carbons (Fsp3) is 0.278. The first-order chi connectivity index (χ1) is 22.7. The molecule has 0 saturated heterocycles. The molecular weight excluding hydrogens is 624 g/mol. The first-order valence-corrected chi connectivity index (χ1v) is 15.0. The second-order valence-corrected chi connectivity index (χ2v) is 12.3. The van der Waals surface area contributed by atoms with Gasteiger partial charge in [0.1, 0.15) is 23.8 Å². The van der Waals surface area contributed by atoms with E-state index < -0.39 is 35.9 Å². The number of esters is 1. The quantitative estimate of drug-likeness (QED) is 0.172. The highest BCUT2D eigenvalue weighted by molar-refractivity contribution is 6.15. The molecule has 3 aromatic carbocycles. The van der Waals surface area contributed by atoms with Gasteiger partial charge in [-0.15, -0.1) is 4.99 Å². The van der Waals surface area contributed by atoms with Crippen LogP contribution in [0, 0.1) is 18.6 Å². The molecule has 2 heterocycles. The molecule has 0 N–H and O–H groups in total. The molecule has 48 heavy (non-hydrogen) atoms. The normalized spacial score (nSPS) is 14.0. The molecule has 0 spiro atoms. The highest BCUT2D eigenvalue weighted by atomic mass is 19.1. The maximum Gasteiger partial charge on any atom is 0.437 e. The highest BCUT2D eigenvalue weighted by Gasteiger charge is 2.28. The van der Waals surface area contributed by atoms with Gasteiger partial charge in [-0.25, -0.2) is 18.4 Å². The summed E-state index contributed by atoms with van der Waals surface area (Å²) in [6.45, 7) is 6.67. The van der Waals surface area contributed by atoms with Gasteiger partial charge in [0.15, 0.2) is 24.0 Å². The maximum absolute atomic E-state index is 14.4. The van der Waals surface area contributed by atoms with Crippen molar-refractivity contribution in [2.45, 2.75) is 39.8 Å². The van der Waals surface area contributed by atoms with Gasteiger partial charge in [-0.05, 0) is 92.4 Å². The number of aryl methyl sites for hydroxylation is 2. The molecule has 0 fully saturated rings. The number of nitrogens with zero attached hydrogens (tertiary/aromatic N) is 3. The fourth-order valence-corrected chi connectivity index (χ4v) is 5.19. The Kier molecular flexibility index (Phi) is 9.64. The van der Waals surface area contributed by atoms with Crippen LogP contribution in [0.2, 0.25) is 0 Å². The summed E-state index contributed by atoms with van der Waals surface area (Å²) in [4.78, 5) is 42.3. The Balaban J connectivity index is 1.57. The van der Waals surface area contributed by atoms with Crippen molar-refractivity contribution in [2.24, 2.45) is 12.0 Å². The summed E-state index contributed by atoms with van der Waals surface area (Å²) >= 11 is 0. The molecule has 1 aromatic heterocycles. The van der Waals surface area contributed by atoms with Gasteiger partial charge in [-0.3, -0.25) is 4.79 Å². The lowest BCUT2D eigenvalue weighted by atomic mass is 9.90. The van der Waals surface area contributed by atoms with Crippen LogP contribution in [0.1, 0.15) is 47.8 Å². The molecule has 12 heteroatoms. The van der Waals surface area contributed by atoms with Gasteiger partial charge in [0, 0.05) is 30.6 Å². The largest absolute Gasteiger partial charge is 0.487 e. The van der Waals surface area contributed by atoms with Crippen molar-refractivity contribution >= 4 is 23.9 Å². The van der Waals surface area contributed by atoms with Crippen LogP contribution < -0.4 is 15.1 Å². The summed E-state index contributed by atoms with van der Waals surface area (Å²) in [6.07, 6.45) is 4.32. The van der Waals surface area contributed by atoms with Crippen LogP contribution >= 0.6 is 0 Å². The van der Waals surface area contributed by atoms with Crippen LogP contribution in [0.15, 0.2) is 71.5 Å². The monoisotopic (exact) mass is 659 g/mol. The number of Topliss-reactive ketones (excluding diaryl/α,β-unsaturated/α-hetero) is 1. The van der Waals surface area contributed by atoms with Gasteiger partial charge < -0.3 is 28.1 Å². The average Bonchev–Trinajstić information content (AvgIpc) is 3.35. The van der Waals surface area contributed by atoms with Crippen molar-refractivity contribution in [1.29, 1.82) is 0 Å². The minimum Gasteiger partial charge on any atom is -0.487 e. The maximum atomic E-state index is 14.4. The summed E-state index contributed by atoms with van der Waals surface area (Å²) in [7, 11) is 2.94. The Labute approximate surface area is 275 Å². The second kappa shape index (κ2) is 13.7. The lowest BCUT2D eigenvalue weighted by Crippen LogP contribution is -2.29. The standard InChI is InChI=1S/C36H35F2N3O7/c1-21-13-25(37)8-9-26(21)27-15-23(18-41-12-11-40(5)34(41)39-35(44)48-36(2,3)4)16-28-32(43)24(19-47-33(27)28)14-22-7-10-29(38)30(17-22)46-20-31(42)45-6/h7-17H,18-20H2,1-6H3. The summed E-state index contributed by atoms with van der Waals surface area (Å²) in [5.41, 5.74) is 3.21. The molecule has 1 aliphatic heterocycles. The number of halogens is 2. The molecular formula is C36H35F2N3O7. The van der Waals surface area contributed by atoms with Gasteiger partial charge >= 0.3 is 12.1 Å². The van der Waals surface area contributed by atoms with Gasteiger partial charge in [0.25, 0.3) is 0 Å². The van der Waals surface area contributed by atoms with Crippen LogP contribution in [0.25, 0.3) is 17.2 Å². The Morgan fingerprint density at radius 3 is 2.48 bits per heavy atom. The van der Waals surface area contributed by atoms with E-state index in [0.29, 0.717) is 44.8 Å². The lowest BCUT2D eigenvalue weighted by molar-refractivity contribution is -0.142. The van der Waals surface area contributed by atoms with E-state index in [9.17, 15) is 23.2 Å². The summed E-state index contributed by atoms with van der Waals surface area (Å²) in [5, 5.41) is 0. The average molecular weight is 660 g/mol. The predicted molar refractivity (Wildman–Crippen MR) is 173 cm³/mol. The minimum atomic E-state index is -0.746. The second-order valence-electron chi connectivity index (χ2n) is 12.3. The van der Waals surface area contributed by atoms with E-state index in [1.165, 1.54) is 37.4 Å². The summed E-state index contributed by atoms with van der Waals surface area (Å²) < 4.78 is 53.3. The number of hydrogen-bond acceptors (Lipinski definition) is 7.